The maximum atomic E-state index is 5.20. The number of benzene rings is 1. The van der Waals surface area contributed by atoms with Gasteiger partial charge >= 0.3 is 0 Å². The van der Waals surface area contributed by atoms with Gasteiger partial charge in [0.25, 0.3) is 0 Å². The van der Waals surface area contributed by atoms with Crippen LogP contribution >= 0.6 is 0 Å². The van der Waals surface area contributed by atoms with Gasteiger partial charge in [0, 0.05) is 6.04 Å². The Kier molecular flexibility index (Phi) is 5.67. The van der Waals surface area contributed by atoms with E-state index in [0.29, 0.717) is 11.5 Å². The van der Waals surface area contributed by atoms with Crippen LogP contribution in [0.2, 0.25) is 0 Å². The lowest BCUT2D eigenvalue weighted by Gasteiger charge is -2.24. The fraction of sp³-hybridized carbons (Fsp3) is 0.625. The lowest BCUT2D eigenvalue weighted by atomic mass is 9.87. The first-order valence-corrected chi connectivity index (χ1v) is 6.83. The Bertz CT molecular complexity index is 337. The molecule has 0 saturated carbocycles. The Morgan fingerprint density at radius 3 is 2.22 bits per heavy atom. The summed E-state index contributed by atoms with van der Waals surface area (Å²) in [6.07, 6.45) is 2.39. The summed E-state index contributed by atoms with van der Waals surface area (Å²) in [5.74, 6) is 0.921. The van der Waals surface area contributed by atoms with Crippen molar-refractivity contribution < 1.29 is 4.74 Å². The number of nitrogens with one attached hydrogen (secondary N) is 1. The average molecular weight is 249 g/mol. The summed E-state index contributed by atoms with van der Waals surface area (Å²) >= 11 is 0. The average Bonchev–Trinajstić information content (AvgIpc) is 2.33. The molecular formula is C16H27NO. The van der Waals surface area contributed by atoms with Gasteiger partial charge in [-0.3, -0.25) is 0 Å². The van der Waals surface area contributed by atoms with Gasteiger partial charge in [0.05, 0.1) is 7.11 Å². The molecule has 2 nitrogen and oxygen atoms in total. The fourth-order valence-electron chi connectivity index (χ4n) is 2.05. The standard InChI is InChI=1S/C16H27NO/c1-6-17-15(11-12-16(2,3)4)13-7-9-14(18-5)10-8-13/h7-10,15,17H,6,11-12H2,1-5H3. The van der Waals surface area contributed by atoms with Gasteiger partial charge in [-0.1, -0.05) is 39.8 Å². The Morgan fingerprint density at radius 1 is 1.17 bits per heavy atom. The number of hydrogen-bond donors (Lipinski definition) is 1. The molecule has 0 amide bonds. The molecule has 0 aliphatic rings. The number of hydrogen-bond acceptors (Lipinski definition) is 2. The molecule has 0 aromatic heterocycles. The quantitative estimate of drug-likeness (QED) is 0.817. The van der Waals surface area contributed by atoms with Crippen LogP contribution in [-0.2, 0) is 0 Å². The van der Waals surface area contributed by atoms with Crippen LogP contribution in [0.3, 0.4) is 0 Å². The molecule has 0 bridgehead atoms. The second-order valence-electron chi connectivity index (χ2n) is 5.98. The Labute approximate surface area is 112 Å². The highest BCUT2D eigenvalue weighted by atomic mass is 16.5. The minimum Gasteiger partial charge on any atom is -0.497 e. The molecule has 0 aliphatic heterocycles. The molecule has 0 radical (unpaired) electrons. The van der Waals surface area contributed by atoms with E-state index in [0.717, 1.165) is 12.3 Å². The minimum atomic E-state index is 0.389. The van der Waals surface area contributed by atoms with Crippen LogP contribution in [0, 0.1) is 5.41 Å². The van der Waals surface area contributed by atoms with E-state index in [1.165, 1.54) is 18.4 Å². The molecule has 1 aromatic carbocycles. The number of methoxy groups -OCH3 is 1. The van der Waals surface area contributed by atoms with Crippen LogP contribution in [0.25, 0.3) is 0 Å². The second kappa shape index (κ2) is 6.79. The number of rotatable bonds is 6. The molecule has 1 aromatic rings. The maximum absolute atomic E-state index is 5.20. The van der Waals surface area contributed by atoms with Gasteiger partial charge < -0.3 is 10.1 Å². The fourth-order valence-corrected chi connectivity index (χ4v) is 2.05. The van der Waals surface area contributed by atoms with Gasteiger partial charge in [0.2, 0.25) is 0 Å². The molecule has 0 fully saturated rings. The zero-order valence-electron chi connectivity index (χ0n) is 12.4. The summed E-state index contributed by atoms with van der Waals surface area (Å²) in [6, 6.07) is 8.84. The Balaban J connectivity index is 2.70. The van der Waals surface area contributed by atoms with E-state index in [-0.39, 0.29) is 0 Å². The lowest BCUT2D eigenvalue weighted by molar-refractivity contribution is 0.333. The van der Waals surface area contributed by atoms with Gasteiger partial charge in [0.15, 0.2) is 0 Å². The summed E-state index contributed by atoms with van der Waals surface area (Å²) in [5.41, 5.74) is 1.74. The van der Waals surface area contributed by atoms with Crippen molar-refractivity contribution in [1.29, 1.82) is 0 Å². The first-order chi connectivity index (χ1) is 8.46. The van der Waals surface area contributed by atoms with Gasteiger partial charge in [-0.15, -0.1) is 0 Å². The van der Waals surface area contributed by atoms with Crippen LogP contribution in [0.1, 0.15) is 52.1 Å². The van der Waals surface area contributed by atoms with Crippen molar-refractivity contribution in [2.45, 2.75) is 46.6 Å². The van der Waals surface area contributed by atoms with Crippen molar-refractivity contribution in [2.75, 3.05) is 13.7 Å². The topological polar surface area (TPSA) is 21.3 Å². The molecule has 18 heavy (non-hydrogen) atoms. The third-order valence-corrected chi connectivity index (χ3v) is 3.15. The van der Waals surface area contributed by atoms with E-state index in [9.17, 15) is 0 Å². The van der Waals surface area contributed by atoms with E-state index in [1.807, 2.05) is 12.1 Å². The normalized spacial score (nSPS) is 13.4. The smallest absolute Gasteiger partial charge is 0.118 e. The predicted octanol–water partition coefficient (Wildman–Crippen LogP) is 4.17. The van der Waals surface area contributed by atoms with Crippen LogP contribution in [0.4, 0.5) is 0 Å². The van der Waals surface area contributed by atoms with E-state index < -0.39 is 0 Å². The van der Waals surface area contributed by atoms with E-state index in [2.05, 4.69) is 45.1 Å². The molecule has 0 saturated heterocycles. The molecule has 1 unspecified atom stereocenters. The first-order valence-electron chi connectivity index (χ1n) is 6.83. The van der Waals surface area contributed by atoms with E-state index >= 15 is 0 Å². The van der Waals surface area contributed by atoms with Gasteiger partial charge in [-0.2, -0.15) is 0 Å². The van der Waals surface area contributed by atoms with Crippen molar-refractivity contribution in [1.82, 2.24) is 5.32 Å². The summed E-state index contributed by atoms with van der Waals surface area (Å²) in [4.78, 5) is 0. The highest BCUT2D eigenvalue weighted by Crippen LogP contribution is 2.28. The molecule has 0 heterocycles. The van der Waals surface area contributed by atoms with Crippen molar-refractivity contribution >= 4 is 0 Å². The summed E-state index contributed by atoms with van der Waals surface area (Å²) in [6.45, 7) is 10.0. The van der Waals surface area contributed by atoms with Crippen molar-refractivity contribution in [3.63, 3.8) is 0 Å². The maximum Gasteiger partial charge on any atom is 0.118 e. The molecular weight excluding hydrogens is 222 g/mol. The third kappa shape index (κ3) is 5.09. The van der Waals surface area contributed by atoms with Gasteiger partial charge in [-0.05, 0) is 42.5 Å². The molecule has 0 aliphatic carbocycles. The highest BCUT2D eigenvalue weighted by Gasteiger charge is 2.16. The molecule has 2 heteroatoms. The van der Waals surface area contributed by atoms with E-state index in [1.54, 1.807) is 7.11 Å². The van der Waals surface area contributed by atoms with Crippen LogP contribution in [0.5, 0.6) is 5.75 Å². The minimum absolute atomic E-state index is 0.389. The van der Waals surface area contributed by atoms with Crippen LogP contribution in [-0.4, -0.2) is 13.7 Å². The zero-order valence-corrected chi connectivity index (χ0v) is 12.4. The first kappa shape index (κ1) is 15.0. The summed E-state index contributed by atoms with van der Waals surface area (Å²) in [5, 5.41) is 3.57. The largest absolute Gasteiger partial charge is 0.497 e. The Morgan fingerprint density at radius 2 is 1.78 bits per heavy atom. The molecule has 1 N–H and O–H groups in total. The predicted molar refractivity (Wildman–Crippen MR) is 78.1 cm³/mol. The molecule has 0 spiro atoms. The summed E-state index contributed by atoms with van der Waals surface area (Å²) in [7, 11) is 1.70. The molecule has 1 atom stereocenters. The second-order valence-corrected chi connectivity index (χ2v) is 5.98. The third-order valence-electron chi connectivity index (χ3n) is 3.15. The monoisotopic (exact) mass is 249 g/mol. The molecule has 1 rings (SSSR count). The van der Waals surface area contributed by atoms with Crippen LogP contribution < -0.4 is 10.1 Å². The van der Waals surface area contributed by atoms with E-state index in [4.69, 9.17) is 4.74 Å². The molecule has 102 valence electrons. The highest BCUT2D eigenvalue weighted by molar-refractivity contribution is 5.29. The van der Waals surface area contributed by atoms with Crippen molar-refractivity contribution in [3.8, 4) is 5.75 Å². The lowest BCUT2D eigenvalue weighted by Crippen LogP contribution is -2.22. The van der Waals surface area contributed by atoms with Crippen LogP contribution in [0.15, 0.2) is 24.3 Å². The zero-order chi connectivity index (χ0) is 13.6. The van der Waals surface area contributed by atoms with Crippen molar-refractivity contribution in [2.24, 2.45) is 5.41 Å². The van der Waals surface area contributed by atoms with Crippen molar-refractivity contribution in [3.05, 3.63) is 29.8 Å². The van der Waals surface area contributed by atoms with Gasteiger partial charge in [0.1, 0.15) is 5.75 Å². The SMILES string of the molecule is CCNC(CCC(C)(C)C)c1ccc(OC)cc1. The Hall–Kier alpha value is -1.02. The summed E-state index contributed by atoms with van der Waals surface area (Å²) < 4.78 is 5.20. The number of ether oxygens (including phenoxy) is 1. The van der Waals surface area contributed by atoms with Gasteiger partial charge in [-0.25, -0.2) is 0 Å².